The summed E-state index contributed by atoms with van der Waals surface area (Å²) in [5, 5.41) is 2.97. The first-order chi connectivity index (χ1) is 15.6. The smallest absolute Gasteiger partial charge is 0.324 e. The Labute approximate surface area is 189 Å². The van der Waals surface area contributed by atoms with Crippen molar-refractivity contribution < 1.29 is 9.59 Å². The van der Waals surface area contributed by atoms with Crippen molar-refractivity contribution in [3.8, 4) is 0 Å². The standard InChI is InChI=1S/C27H29N3O2/c1-21-8-5-6-11-24(21)20-29-18-7-19-30(27(29)32)25-14-12-23(13-15-25)26(31)28-17-16-22-9-3-2-4-10-22/h2-6,8-15H,7,16-20H2,1H3,(H,28,31). The van der Waals surface area contributed by atoms with E-state index in [9.17, 15) is 9.59 Å². The molecule has 5 heteroatoms. The zero-order valence-electron chi connectivity index (χ0n) is 18.5. The molecule has 0 spiro atoms. The maximum absolute atomic E-state index is 13.1. The third-order valence-electron chi connectivity index (χ3n) is 5.92. The summed E-state index contributed by atoms with van der Waals surface area (Å²) < 4.78 is 0. The number of benzene rings is 3. The third-order valence-corrected chi connectivity index (χ3v) is 5.92. The number of nitrogens with one attached hydrogen (secondary N) is 1. The SMILES string of the molecule is Cc1ccccc1CN1CCCN(c2ccc(C(=O)NCCc3ccccc3)cc2)C1=O. The molecule has 1 fully saturated rings. The lowest BCUT2D eigenvalue weighted by atomic mass is 10.1. The lowest BCUT2D eigenvalue weighted by Crippen LogP contribution is -2.49. The molecule has 1 aliphatic heterocycles. The van der Waals surface area contributed by atoms with Gasteiger partial charge in [0.1, 0.15) is 0 Å². The Kier molecular flexibility index (Phi) is 6.85. The van der Waals surface area contributed by atoms with E-state index in [2.05, 4.69) is 36.5 Å². The zero-order chi connectivity index (χ0) is 22.3. The van der Waals surface area contributed by atoms with E-state index in [-0.39, 0.29) is 11.9 Å². The van der Waals surface area contributed by atoms with Gasteiger partial charge in [-0.25, -0.2) is 4.79 Å². The van der Waals surface area contributed by atoms with Crippen LogP contribution in [0.3, 0.4) is 0 Å². The Hall–Kier alpha value is -3.60. The van der Waals surface area contributed by atoms with Gasteiger partial charge in [0.25, 0.3) is 5.91 Å². The molecule has 3 amide bonds. The number of carbonyl (C=O) groups is 2. The van der Waals surface area contributed by atoms with E-state index in [1.165, 1.54) is 16.7 Å². The number of rotatable bonds is 7. The largest absolute Gasteiger partial charge is 0.352 e. The van der Waals surface area contributed by atoms with Crippen LogP contribution in [-0.2, 0) is 13.0 Å². The van der Waals surface area contributed by atoms with Crippen LogP contribution >= 0.6 is 0 Å². The van der Waals surface area contributed by atoms with E-state index in [0.717, 1.165) is 25.1 Å². The molecule has 1 aliphatic rings. The van der Waals surface area contributed by atoms with Crippen molar-refractivity contribution in [1.29, 1.82) is 0 Å². The fourth-order valence-electron chi connectivity index (χ4n) is 4.02. The Morgan fingerprint density at radius 2 is 1.62 bits per heavy atom. The summed E-state index contributed by atoms with van der Waals surface area (Å²) in [6, 6.07) is 25.6. The minimum Gasteiger partial charge on any atom is -0.352 e. The number of aryl methyl sites for hydroxylation is 1. The van der Waals surface area contributed by atoms with Crippen LogP contribution in [0.25, 0.3) is 0 Å². The minimum atomic E-state index is -0.0985. The first-order valence-electron chi connectivity index (χ1n) is 11.1. The van der Waals surface area contributed by atoms with E-state index in [0.29, 0.717) is 25.2 Å². The van der Waals surface area contributed by atoms with Crippen molar-refractivity contribution in [2.45, 2.75) is 26.3 Å². The second-order valence-corrected chi connectivity index (χ2v) is 8.17. The summed E-state index contributed by atoms with van der Waals surface area (Å²) in [4.78, 5) is 29.3. The predicted octanol–water partition coefficient (Wildman–Crippen LogP) is 4.80. The molecule has 3 aromatic carbocycles. The summed E-state index contributed by atoms with van der Waals surface area (Å²) in [5.41, 5.74) is 4.99. The Morgan fingerprint density at radius 3 is 2.38 bits per heavy atom. The van der Waals surface area contributed by atoms with Crippen LogP contribution in [0.4, 0.5) is 10.5 Å². The molecule has 3 aromatic rings. The molecular weight excluding hydrogens is 398 g/mol. The van der Waals surface area contributed by atoms with Crippen LogP contribution in [-0.4, -0.2) is 36.5 Å². The van der Waals surface area contributed by atoms with Gasteiger partial charge in [0.2, 0.25) is 0 Å². The molecule has 0 unspecified atom stereocenters. The minimum absolute atomic E-state index is 0.0135. The molecule has 0 aromatic heterocycles. The monoisotopic (exact) mass is 427 g/mol. The second kappa shape index (κ2) is 10.1. The van der Waals surface area contributed by atoms with Crippen LogP contribution in [0.5, 0.6) is 0 Å². The fraction of sp³-hybridized carbons (Fsp3) is 0.259. The van der Waals surface area contributed by atoms with E-state index in [1.807, 2.05) is 47.4 Å². The van der Waals surface area contributed by atoms with Gasteiger partial charge in [-0.05, 0) is 60.7 Å². The average molecular weight is 428 g/mol. The molecule has 1 heterocycles. The van der Waals surface area contributed by atoms with Gasteiger partial charge in [0, 0.05) is 37.4 Å². The number of carbonyl (C=O) groups excluding carboxylic acids is 2. The Balaban J connectivity index is 1.35. The van der Waals surface area contributed by atoms with Crippen molar-refractivity contribution in [2.75, 3.05) is 24.5 Å². The van der Waals surface area contributed by atoms with Gasteiger partial charge in [-0.15, -0.1) is 0 Å². The van der Waals surface area contributed by atoms with Gasteiger partial charge in [-0.1, -0.05) is 54.6 Å². The van der Waals surface area contributed by atoms with Gasteiger partial charge < -0.3 is 10.2 Å². The fourth-order valence-corrected chi connectivity index (χ4v) is 4.02. The molecule has 0 saturated carbocycles. The van der Waals surface area contributed by atoms with Gasteiger partial charge in [-0.3, -0.25) is 9.69 Å². The number of hydrogen-bond donors (Lipinski definition) is 1. The Morgan fingerprint density at radius 1 is 0.906 bits per heavy atom. The summed E-state index contributed by atoms with van der Waals surface area (Å²) in [5.74, 6) is -0.0985. The summed E-state index contributed by atoms with van der Waals surface area (Å²) in [6.45, 7) is 4.72. The Bertz CT molecular complexity index is 1060. The highest BCUT2D eigenvalue weighted by molar-refractivity contribution is 5.96. The molecule has 1 saturated heterocycles. The van der Waals surface area contributed by atoms with Crippen LogP contribution in [0.15, 0.2) is 78.9 Å². The van der Waals surface area contributed by atoms with E-state index in [1.54, 1.807) is 17.0 Å². The number of anilines is 1. The highest BCUT2D eigenvalue weighted by atomic mass is 16.2. The molecule has 1 N–H and O–H groups in total. The van der Waals surface area contributed by atoms with E-state index < -0.39 is 0 Å². The highest BCUT2D eigenvalue weighted by Gasteiger charge is 2.27. The summed E-state index contributed by atoms with van der Waals surface area (Å²) in [6.07, 6.45) is 1.71. The number of hydrogen-bond acceptors (Lipinski definition) is 2. The number of urea groups is 1. The topological polar surface area (TPSA) is 52.6 Å². The normalized spacial score (nSPS) is 13.8. The lowest BCUT2D eigenvalue weighted by molar-refractivity contribution is 0.0954. The average Bonchev–Trinajstić information content (AvgIpc) is 2.82. The van der Waals surface area contributed by atoms with E-state index in [4.69, 9.17) is 0 Å². The van der Waals surface area contributed by atoms with Crippen LogP contribution < -0.4 is 10.2 Å². The zero-order valence-corrected chi connectivity index (χ0v) is 18.5. The van der Waals surface area contributed by atoms with Crippen molar-refractivity contribution in [2.24, 2.45) is 0 Å². The van der Waals surface area contributed by atoms with Gasteiger partial charge in [0.05, 0.1) is 0 Å². The van der Waals surface area contributed by atoms with Gasteiger partial charge >= 0.3 is 6.03 Å². The number of nitrogens with zero attached hydrogens (tertiary/aromatic N) is 2. The molecule has 0 aliphatic carbocycles. The molecule has 32 heavy (non-hydrogen) atoms. The summed E-state index contributed by atoms with van der Waals surface area (Å²) >= 11 is 0. The van der Waals surface area contributed by atoms with Crippen LogP contribution in [0.1, 0.15) is 33.5 Å². The molecule has 4 rings (SSSR count). The summed E-state index contributed by atoms with van der Waals surface area (Å²) in [7, 11) is 0. The lowest BCUT2D eigenvalue weighted by Gasteiger charge is -2.36. The van der Waals surface area contributed by atoms with Crippen molar-refractivity contribution in [3.63, 3.8) is 0 Å². The molecule has 5 nitrogen and oxygen atoms in total. The van der Waals surface area contributed by atoms with Crippen molar-refractivity contribution >= 4 is 17.6 Å². The predicted molar refractivity (Wildman–Crippen MR) is 128 cm³/mol. The maximum Gasteiger partial charge on any atom is 0.324 e. The second-order valence-electron chi connectivity index (χ2n) is 8.17. The maximum atomic E-state index is 13.1. The third kappa shape index (κ3) is 5.17. The quantitative estimate of drug-likeness (QED) is 0.589. The molecule has 0 atom stereocenters. The first kappa shape index (κ1) is 21.6. The van der Waals surface area contributed by atoms with E-state index >= 15 is 0 Å². The van der Waals surface area contributed by atoms with Gasteiger partial charge in [0.15, 0.2) is 0 Å². The highest BCUT2D eigenvalue weighted by Crippen LogP contribution is 2.22. The first-order valence-corrected chi connectivity index (χ1v) is 11.1. The van der Waals surface area contributed by atoms with Gasteiger partial charge in [-0.2, -0.15) is 0 Å². The van der Waals surface area contributed by atoms with Crippen LogP contribution in [0.2, 0.25) is 0 Å². The number of amides is 3. The van der Waals surface area contributed by atoms with Crippen molar-refractivity contribution in [1.82, 2.24) is 10.2 Å². The molecule has 0 radical (unpaired) electrons. The molecular formula is C27H29N3O2. The molecule has 164 valence electrons. The van der Waals surface area contributed by atoms with Crippen LogP contribution in [0, 0.1) is 6.92 Å². The van der Waals surface area contributed by atoms with Crippen molar-refractivity contribution in [3.05, 3.63) is 101 Å². The molecule has 0 bridgehead atoms.